The molecular formula is C14H16FNO3. The number of carbonyl (C=O) groups excluding carboxylic acids is 1. The molecular weight excluding hydrogens is 249 g/mol. The lowest BCUT2D eigenvalue weighted by molar-refractivity contribution is 0.0905. The fourth-order valence-corrected chi connectivity index (χ4v) is 1.54. The van der Waals surface area contributed by atoms with Crippen LogP contribution in [0.15, 0.2) is 18.2 Å². The first-order chi connectivity index (χ1) is 9.08. The largest absolute Gasteiger partial charge is 0.384 e. The molecule has 0 fully saturated rings. The third-order valence-corrected chi connectivity index (χ3v) is 2.32. The molecule has 0 spiro atoms. The second-order valence-corrected chi connectivity index (χ2v) is 3.98. The van der Waals surface area contributed by atoms with Gasteiger partial charge in [0.2, 0.25) is 0 Å². The number of amides is 1. The van der Waals surface area contributed by atoms with Crippen molar-refractivity contribution in [2.24, 2.45) is 0 Å². The van der Waals surface area contributed by atoms with Crippen LogP contribution < -0.4 is 5.32 Å². The zero-order valence-electron chi connectivity index (χ0n) is 10.9. The lowest BCUT2D eigenvalue weighted by Gasteiger charge is -2.13. The van der Waals surface area contributed by atoms with Crippen LogP contribution in [0, 0.1) is 17.7 Å². The highest BCUT2D eigenvalue weighted by atomic mass is 19.1. The fraction of sp³-hybridized carbons (Fsp3) is 0.357. The molecule has 102 valence electrons. The maximum atomic E-state index is 13.2. The molecule has 0 bridgehead atoms. The number of rotatable bonds is 4. The van der Waals surface area contributed by atoms with Crippen molar-refractivity contribution in [3.63, 3.8) is 0 Å². The van der Waals surface area contributed by atoms with Gasteiger partial charge in [-0.2, -0.15) is 0 Å². The summed E-state index contributed by atoms with van der Waals surface area (Å²) in [4.78, 5) is 12.0. The number of halogens is 1. The Balaban J connectivity index is 2.97. The molecule has 19 heavy (non-hydrogen) atoms. The predicted octanol–water partition coefficient (Wildman–Crippen LogP) is 0.934. The molecule has 1 rings (SSSR count). The van der Waals surface area contributed by atoms with Gasteiger partial charge in [-0.1, -0.05) is 11.8 Å². The van der Waals surface area contributed by atoms with E-state index >= 15 is 0 Å². The van der Waals surface area contributed by atoms with Gasteiger partial charge in [-0.3, -0.25) is 4.79 Å². The fourth-order valence-electron chi connectivity index (χ4n) is 1.54. The molecule has 1 atom stereocenters. The summed E-state index contributed by atoms with van der Waals surface area (Å²) in [5, 5.41) is 11.3. The van der Waals surface area contributed by atoms with Crippen molar-refractivity contribution in [2.75, 3.05) is 20.3 Å². The monoisotopic (exact) mass is 265 g/mol. The molecule has 0 radical (unpaired) electrons. The van der Waals surface area contributed by atoms with Gasteiger partial charge in [0.25, 0.3) is 5.91 Å². The number of nitrogens with one attached hydrogen (secondary N) is 1. The maximum absolute atomic E-state index is 13.2. The van der Waals surface area contributed by atoms with Crippen LogP contribution in [0.2, 0.25) is 0 Å². The number of ether oxygens (including phenoxy) is 1. The molecule has 0 aromatic heterocycles. The molecule has 0 aliphatic rings. The van der Waals surface area contributed by atoms with E-state index in [2.05, 4.69) is 17.2 Å². The zero-order valence-corrected chi connectivity index (χ0v) is 10.9. The predicted molar refractivity (Wildman–Crippen MR) is 69.2 cm³/mol. The Morgan fingerprint density at radius 1 is 1.58 bits per heavy atom. The Morgan fingerprint density at radius 3 is 2.95 bits per heavy atom. The van der Waals surface area contributed by atoms with Crippen molar-refractivity contribution >= 4 is 5.91 Å². The summed E-state index contributed by atoms with van der Waals surface area (Å²) in [6.45, 7) is 1.82. The topological polar surface area (TPSA) is 58.6 Å². The summed E-state index contributed by atoms with van der Waals surface area (Å²) in [5.74, 6) is 4.11. The van der Waals surface area contributed by atoms with E-state index in [9.17, 15) is 9.18 Å². The number of benzene rings is 1. The highest BCUT2D eigenvalue weighted by Crippen LogP contribution is 2.10. The van der Waals surface area contributed by atoms with E-state index in [4.69, 9.17) is 9.84 Å². The second-order valence-electron chi connectivity index (χ2n) is 3.98. The molecule has 0 heterocycles. The van der Waals surface area contributed by atoms with Crippen molar-refractivity contribution in [1.82, 2.24) is 5.32 Å². The smallest absolute Gasteiger partial charge is 0.252 e. The minimum Gasteiger partial charge on any atom is -0.384 e. The molecule has 4 nitrogen and oxygen atoms in total. The number of hydrogen-bond donors (Lipinski definition) is 2. The van der Waals surface area contributed by atoms with Crippen LogP contribution in [0.4, 0.5) is 4.39 Å². The van der Waals surface area contributed by atoms with Gasteiger partial charge in [-0.15, -0.1) is 0 Å². The van der Waals surface area contributed by atoms with Gasteiger partial charge in [-0.25, -0.2) is 4.39 Å². The molecule has 1 unspecified atom stereocenters. The van der Waals surface area contributed by atoms with Crippen LogP contribution in [-0.4, -0.2) is 37.4 Å². The highest BCUT2D eigenvalue weighted by molar-refractivity contribution is 5.96. The molecule has 1 amide bonds. The lowest BCUT2D eigenvalue weighted by atomic mass is 10.1. The van der Waals surface area contributed by atoms with Crippen molar-refractivity contribution in [3.05, 3.63) is 35.1 Å². The van der Waals surface area contributed by atoms with Gasteiger partial charge >= 0.3 is 0 Å². The van der Waals surface area contributed by atoms with E-state index in [1.807, 2.05) is 0 Å². The summed E-state index contributed by atoms with van der Waals surface area (Å²) in [5.41, 5.74) is 0.515. The normalized spacial score (nSPS) is 11.4. The van der Waals surface area contributed by atoms with E-state index in [0.29, 0.717) is 12.2 Å². The van der Waals surface area contributed by atoms with Crippen LogP contribution in [0.3, 0.4) is 0 Å². The minimum absolute atomic E-state index is 0.143. The number of aliphatic hydroxyl groups excluding tert-OH is 1. The van der Waals surface area contributed by atoms with Crippen LogP contribution >= 0.6 is 0 Å². The molecule has 0 saturated heterocycles. The van der Waals surface area contributed by atoms with E-state index in [-0.39, 0.29) is 18.2 Å². The van der Waals surface area contributed by atoms with Crippen LogP contribution in [0.5, 0.6) is 0 Å². The Hall–Kier alpha value is -1.90. The maximum Gasteiger partial charge on any atom is 0.252 e. The SMILES string of the molecule is COCC(C)NC(=O)c1cc(F)ccc1C#CCO. The van der Waals surface area contributed by atoms with Gasteiger partial charge in [0.1, 0.15) is 12.4 Å². The first-order valence-corrected chi connectivity index (χ1v) is 5.77. The first-order valence-electron chi connectivity index (χ1n) is 5.77. The quantitative estimate of drug-likeness (QED) is 0.796. The summed E-state index contributed by atoms with van der Waals surface area (Å²) in [6.07, 6.45) is 0. The Kier molecular flexibility index (Phi) is 6.00. The molecule has 0 saturated carbocycles. The molecule has 1 aromatic carbocycles. The van der Waals surface area contributed by atoms with Crippen LogP contribution in [0.25, 0.3) is 0 Å². The van der Waals surface area contributed by atoms with E-state index in [1.54, 1.807) is 6.92 Å². The van der Waals surface area contributed by atoms with Crippen molar-refractivity contribution in [1.29, 1.82) is 0 Å². The molecule has 1 aromatic rings. The summed E-state index contributed by atoms with van der Waals surface area (Å²) < 4.78 is 18.1. The summed E-state index contributed by atoms with van der Waals surface area (Å²) in [6, 6.07) is 3.56. The summed E-state index contributed by atoms with van der Waals surface area (Å²) in [7, 11) is 1.53. The zero-order chi connectivity index (χ0) is 14.3. The van der Waals surface area contributed by atoms with Gasteiger partial charge in [0.05, 0.1) is 12.2 Å². The number of methoxy groups -OCH3 is 1. The highest BCUT2D eigenvalue weighted by Gasteiger charge is 2.14. The third-order valence-electron chi connectivity index (χ3n) is 2.32. The van der Waals surface area contributed by atoms with Gasteiger partial charge in [0.15, 0.2) is 0 Å². The lowest BCUT2D eigenvalue weighted by Crippen LogP contribution is -2.36. The Morgan fingerprint density at radius 2 is 2.32 bits per heavy atom. The molecule has 5 heteroatoms. The first kappa shape index (κ1) is 15.2. The Labute approximate surface area is 111 Å². The Bertz CT molecular complexity index is 505. The van der Waals surface area contributed by atoms with Gasteiger partial charge < -0.3 is 15.2 Å². The van der Waals surface area contributed by atoms with Crippen molar-refractivity contribution in [2.45, 2.75) is 13.0 Å². The van der Waals surface area contributed by atoms with E-state index in [0.717, 1.165) is 6.07 Å². The number of hydrogen-bond acceptors (Lipinski definition) is 3. The van der Waals surface area contributed by atoms with Crippen LogP contribution in [0.1, 0.15) is 22.8 Å². The molecule has 0 aliphatic heterocycles. The molecule has 2 N–H and O–H groups in total. The number of aliphatic hydroxyl groups is 1. The number of carbonyl (C=O) groups is 1. The third kappa shape index (κ3) is 4.70. The van der Waals surface area contributed by atoms with Gasteiger partial charge in [-0.05, 0) is 25.1 Å². The molecule has 0 aliphatic carbocycles. The van der Waals surface area contributed by atoms with Gasteiger partial charge in [0, 0.05) is 18.7 Å². The second kappa shape index (κ2) is 7.52. The van der Waals surface area contributed by atoms with E-state index in [1.165, 1.54) is 19.2 Å². The standard InChI is InChI=1S/C14H16FNO3/c1-10(9-19-2)16-14(18)13-8-12(15)6-5-11(13)4-3-7-17/h5-6,8,10,17H,7,9H2,1-2H3,(H,16,18). The van der Waals surface area contributed by atoms with Crippen LogP contribution in [-0.2, 0) is 4.74 Å². The minimum atomic E-state index is -0.515. The average Bonchev–Trinajstić information content (AvgIpc) is 2.37. The van der Waals surface area contributed by atoms with Crippen molar-refractivity contribution in [3.8, 4) is 11.8 Å². The van der Waals surface area contributed by atoms with Crippen molar-refractivity contribution < 1.29 is 19.0 Å². The van der Waals surface area contributed by atoms with E-state index < -0.39 is 11.7 Å². The average molecular weight is 265 g/mol. The summed E-state index contributed by atoms with van der Waals surface area (Å²) >= 11 is 0.